The summed E-state index contributed by atoms with van der Waals surface area (Å²) in [5.41, 5.74) is 4.23. The second-order valence-corrected chi connectivity index (χ2v) is 7.85. The molecule has 2 heterocycles. The van der Waals surface area contributed by atoms with Gasteiger partial charge in [-0.3, -0.25) is 0 Å². The zero-order chi connectivity index (χ0) is 19.7. The van der Waals surface area contributed by atoms with Crippen LogP contribution in [0.1, 0.15) is 66.2 Å². The van der Waals surface area contributed by atoms with Crippen molar-refractivity contribution in [3.05, 3.63) is 46.6 Å². The smallest absolute Gasteiger partial charge is 0.337 e. The van der Waals surface area contributed by atoms with Gasteiger partial charge >= 0.3 is 5.97 Å². The monoisotopic (exact) mass is 380 g/mol. The molecule has 28 heavy (non-hydrogen) atoms. The third-order valence-electron chi connectivity index (χ3n) is 5.68. The van der Waals surface area contributed by atoms with E-state index in [-0.39, 0.29) is 5.97 Å². The molecule has 0 spiro atoms. The second-order valence-electron chi connectivity index (χ2n) is 7.85. The molecular weight excluding hydrogens is 352 g/mol. The minimum absolute atomic E-state index is 0.282. The van der Waals surface area contributed by atoms with Crippen molar-refractivity contribution in [1.82, 2.24) is 9.97 Å². The fraction of sp³-hybridized carbons (Fsp3) is 0.500. The number of hydrogen-bond acceptors (Lipinski definition) is 6. The highest BCUT2D eigenvalue weighted by atomic mass is 16.5. The Hall–Kier alpha value is -2.63. The number of carbonyl (C=O) groups is 1. The summed E-state index contributed by atoms with van der Waals surface area (Å²) in [5.74, 6) is 2.03. The highest BCUT2D eigenvalue weighted by Gasteiger charge is 2.28. The number of aromatic nitrogens is 2. The van der Waals surface area contributed by atoms with Crippen molar-refractivity contribution in [1.29, 1.82) is 0 Å². The predicted molar refractivity (Wildman–Crippen MR) is 110 cm³/mol. The molecule has 4 rings (SSSR count). The first-order chi connectivity index (χ1) is 13.6. The van der Waals surface area contributed by atoms with Gasteiger partial charge in [0.1, 0.15) is 5.82 Å². The fourth-order valence-electron chi connectivity index (χ4n) is 3.58. The Labute approximate surface area is 166 Å². The van der Waals surface area contributed by atoms with Crippen molar-refractivity contribution in [3.8, 4) is 0 Å². The maximum absolute atomic E-state index is 11.8. The van der Waals surface area contributed by atoms with Crippen LogP contribution in [0.5, 0.6) is 0 Å². The summed E-state index contributed by atoms with van der Waals surface area (Å²) in [6.45, 7) is 5.98. The molecule has 2 aromatic rings. The first-order valence-electron chi connectivity index (χ1n) is 10.2. The number of methoxy groups -OCH3 is 1. The summed E-state index contributed by atoms with van der Waals surface area (Å²) in [6.07, 6.45) is 4.36. The summed E-state index contributed by atoms with van der Waals surface area (Å²) < 4.78 is 4.84. The van der Waals surface area contributed by atoms with Gasteiger partial charge in [0.05, 0.1) is 18.4 Å². The average Bonchev–Trinajstić information content (AvgIpc) is 3.57. The number of nitrogens with one attached hydrogen (secondary N) is 1. The van der Waals surface area contributed by atoms with Crippen LogP contribution in [-0.2, 0) is 17.7 Å². The Kier molecular flexibility index (Phi) is 5.20. The van der Waals surface area contributed by atoms with E-state index in [0.717, 1.165) is 43.4 Å². The van der Waals surface area contributed by atoms with Crippen molar-refractivity contribution in [3.63, 3.8) is 0 Å². The normalized spacial score (nSPS) is 17.0. The molecule has 1 atom stereocenters. The third kappa shape index (κ3) is 3.96. The largest absolute Gasteiger partial charge is 0.465 e. The number of anilines is 2. The maximum atomic E-state index is 11.8. The molecule has 148 valence electrons. The zero-order valence-electron chi connectivity index (χ0n) is 16.9. The molecule has 0 saturated heterocycles. The van der Waals surface area contributed by atoms with Gasteiger partial charge in [0.25, 0.3) is 0 Å². The van der Waals surface area contributed by atoms with Gasteiger partial charge in [-0.15, -0.1) is 0 Å². The van der Waals surface area contributed by atoms with Crippen LogP contribution in [0.15, 0.2) is 24.3 Å². The van der Waals surface area contributed by atoms with Crippen molar-refractivity contribution in [2.24, 2.45) is 0 Å². The van der Waals surface area contributed by atoms with Crippen molar-refractivity contribution in [2.75, 3.05) is 23.9 Å². The molecule has 1 N–H and O–H groups in total. The molecular formula is C22H28N4O2. The number of benzene rings is 1. The SMILES string of the molecule is CC[C@H](C)Nc1nc(C2CC2)cc(N2CCc3cc(C(=O)OC)ccc3C2)n1. The standard InChI is InChI=1S/C22H28N4O2/c1-4-14(2)23-22-24-19(15-5-6-15)12-20(25-22)26-10-9-16-11-17(21(27)28-3)7-8-18(16)13-26/h7-8,11-12,14-15H,4-6,9-10,13H2,1-3H3,(H,23,24,25)/t14-/m0/s1. The molecule has 0 unspecified atom stereocenters. The van der Waals surface area contributed by atoms with Crippen LogP contribution in [0.4, 0.5) is 11.8 Å². The van der Waals surface area contributed by atoms with E-state index in [2.05, 4.69) is 30.1 Å². The lowest BCUT2D eigenvalue weighted by molar-refractivity contribution is 0.0600. The molecule has 1 aromatic heterocycles. The molecule has 6 nitrogen and oxygen atoms in total. The molecule has 1 aliphatic carbocycles. The van der Waals surface area contributed by atoms with E-state index in [1.165, 1.54) is 31.1 Å². The highest BCUT2D eigenvalue weighted by molar-refractivity contribution is 5.89. The Morgan fingerprint density at radius 1 is 1.29 bits per heavy atom. The van der Waals surface area contributed by atoms with E-state index in [0.29, 0.717) is 17.5 Å². The van der Waals surface area contributed by atoms with Crippen LogP contribution in [0.2, 0.25) is 0 Å². The third-order valence-corrected chi connectivity index (χ3v) is 5.68. The van der Waals surface area contributed by atoms with Gasteiger partial charge in [0.15, 0.2) is 0 Å². The predicted octanol–water partition coefficient (Wildman–Crippen LogP) is 3.91. The summed E-state index contributed by atoms with van der Waals surface area (Å²) in [4.78, 5) is 23.7. The molecule has 2 aliphatic rings. The summed E-state index contributed by atoms with van der Waals surface area (Å²) >= 11 is 0. The van der Waals surface area contributed by atoms with E-state index in [4.69, 9.17) is 14.7 Å². The number of esters is 1. The number of nitrogens with zero attached hydrogens (tertiary/aromatic N) is 3. The molecule has 0 amide bonds. The molecule has 0 radical (unpaired) electrons. The lowest BCUT2D eigenvalue weighted by Gasteiger charge is -2.30. The van der Waals surface area contributed by atoms with E-state index in [9.17, 15) is 4.79 Å². The van der Waals surface area contributed by atoms with E-state index in [1.54, 1.807) is 0 Å². The minimum atomic E-state index is -0.282. The van der Waals surface area contributed by atoms with Gasteiger partial charge in [-0.2, -0.15) is 4.98 Å². The summed E-state index contributed by atoms with van der Waals surface area (Å²) in [6, 6.07) is 8.35. The highest BCUT2D eigenvalue weighted by Crippen LogP contribution is 2.40. The zero-order valence-corrected chi connectivity index (χ0v) is 16.9. The van der Waals surface area contributed by atoms with Crippen LogP contribution in [0.25, 0.3) is 0 Å². The Morgan fingerprint density at radius 2 is 2.11 bits per heavy atom. The number of hydrogen-bond donors (Lipinski definition) is 1. The number of ether oxygens (including phenoxy) is 1. The number of fused-ring (bicyclic) bond motifs is 1. The van der Waals surface area contributed by atoms with E-state index >= 15 is 0 Å². The molecule has 6 heteroatoms. The first-order valence-corrected chi connectivity index (χ1v) is 10.2. The first kappa shape index (κ1) is 18.7. The van der Waals surface area contributed by atoms with Gasteiger partial charge in [0, 0.05) is 31.1 Å². The maximum Gasteiger partial charge on any atom is 0.337 e. The van der Waals surface area contributed by atoms with E-state index < -0.39 is 0 Å². The van der Waals surface area contributed by atoms with E-state index in [1.807, 2.05) is 18.2 Å². The Balaban J connectivity index is 1.58. The van der Waals surface area contributed by atoms with Gasteiger partial charge < -0.3 is 15.0 Å². The molecule has 1 aromatic carbocycles. The molecule has 1 fully saturated rings. The second kappa shape index (κ2) is 7.78. The van der Waals surface area contributed by atoms with Gasteiger partial charge in [-0.05, 0) is 55.9 Å². The topological polar surface area (TPSA) is 67.4 Å². The molecule has 1 aliphatic heterocycles. The van der Waals surface area contributed by atoms with Crippen LogP contribution >= 0.6 is 0 Å². The quantitative estimate of drug-likeness (QED) is 0.767. The number of carbonyl (C=O) groups excluding carboxylic acids is 1. The number of rotatable bonds is 6. The van der Waals surface area contributed by atoms with Crippen LogP contribution in [0.3, 0.4) is 0 Å². The van der Waals surface area contributed by atoms with Gasteiger partial charge in [-0.1, -0.05) is 13.0 Å². The summed E-state index contributed by atoms with van der Waals surface area (Å²) in [5, 5.41) is 3.44. The summed E-state index contributed by atoms with van der Waals surface area (Å²) in [7, 11) is 1.42. The van der Waals surface area contributed by atoms with Crippen molar-refractivity contribution < 1.29 is 9.53 Å². The van der Waals surface area contributed by atoms with Crippen molar-refractivity contribution in [2.45, 2.75) is 58.0 Å². The molecule has 0 bridgehead atoms. The Morgan fingerprint density at radius 3 is 2.82 bits per heavy atom. The lowest BCUT2D eigenvalue weighted by atomic mass is 9.97. The fourth-order valence-corrected chi connectivity index (χ4v) is 3.58. The van der Waals surface area contributed by atoms with Crippen LogP contribution in [0, 0.1) is 0 Å². The average molecular weight is 380 g/mol. The lowest BCUT2D eigenvalue weighted by Crippen LogP contribution is -2.31. The van der Waals surface area contributed by atoms with Crippen LogP contribution < -0.4 is 10.2 Å². The van der Waals surface area contributed by atoms with Crippen molar-refractivity contribution >= 4 is 17.7 Å². The van der Waals surface area contributed by atoms with Gasteiger partial charge in [-0.25, -0.2) is 9.78 Å². The van der Waals surface area contributed by atoms with Crippen LogP contribution in [-0.4, -0.2) is 35.6 Å². The van der Waals surface area contributed by atoms with Gasteiger partial charge in [0.2, 0.25) is 5.95 Å². The minimum Gasteiger partial charge on any atom is -0.465 e. The molecule has 1 saturated carbocycles. The Bertz CT molecular complexity index is 879.